The second-order valence-corrected chi connectivity index (χ2v) is 5.06. The molecule has 15 heavy (non-hydrogen) atoms. The summed E-state index contributed by atoms with van der Waals surface area (Å²) in [7, 11) is 0. The van der Waals surface area contributed by atoms with Crippen LogP contribution in [0.25, 0.3) is 0 Å². The van der Waals surface area contributed by atoms with Crippen LogP contribution in [0.2, 0.25) is 0 Å². The summed E-state index contributed by atoms with van der Waals surface area (Å²) in [5, 5.41) is 5.72. The summed E-state index contributed by atoms with van der Waals surface area (Å²) in [4.78, 5) is 1.43. The maximum absolute atomic E-state index is 3.57. The summed E-state index contributed by atoms with van der Waals surface area (Å²) < 4.78 is 0. The largest absolute Gasteiger partial charge is 0.377 e. The molecule has 0 aliphatic carbocycles. The van der Waals surface area contributed by atoms with Crippen molar-refractivity contribution in [3.63, 3.8) is 0 Å². The molecule has 0 radical (unpaired) electrons. The van der Waals surface area contributed by atoms with Crippen LogP contribution in [-0.4, -0.2) is 0 Å². The first-order chi connectivity index (χ1) is 7.33. The molecule has 0 bridgehead atoms. The molecule has 1 N–H and O–H groups in total. The first-order valence-electron chi connectivity index (χ1n) is 5.22. The first-order valence-corrected chi connectivity index (χ1v) is 6.10. The molecule has 1 aliphatic rings. The van der Waals surface area contributed by atoms with Gasteiger partial charge in [0.25, 0.3) is 0 Å². The zero-order valence-corrected chi connectivity index (χ0v) is 9.47. The van der Waals surface area contributed by atoms with Gasteiger partial charge in [0.05, 0.1) is 6.04 Å². The minimum absolute atomic E-state index is 0.488. The van der Waals surface area contributed by atoms with Gasteiger partial charge < -0.3 is 5.32 Å². The molecule has 1 atom stereocenters. The fourth-order valence-electron chi connectivity index (χ4n) is 2.15. The molecule has 2 aromatic rings. The standard InChI is InChI=1S/C13H13NS/c1-9-4-5-11-10(7-9)8-12(14-11)13-3-2-6-15-13/h2-7,12,14H,8H2,1H3. The third-order valence-corrected chi connectivity index (χ3v) is 3.89. The lowest BCUT2D eigenvalue weighted by atomic mass is 10.1. The van der Waals surface area contributed by atoms with Crippen LogP contribution in [0.1, 0.15) is 22.0 Å². The highest BCUT2D eigenvalue weighted by Gasteiger charge is 2.22. The lowest BCUT2D eigenvalue weighted by Crippen LogP contribution is -2.02. The molecular weight excluding hydrogens is 202 g/mol. The quantitative estimate of drug-likeness (QED) is 0.763. The van der Waals surface area contributed by atoms with Gasteiger partial charge >= 0.3 is 0 Å². The van der Waals surface area contributed by atoms with Crippen LogP contribution in [0.15, 0.2) is 35.7 Å². The molecule has 0 spiro atoms. The highest BCUT2D eigenvalue weighted by atomic mass is 32.1. The van der Waals surface area contributed by atoms with Gasteiger partial charge in [-0.25, -0.2) is 0 Å². The Bertz CT molecular complexity index is 473. The second kappa shape index (κ2) is 3.38. The monoisotopic (exact) mass is 215 g/mol. The Morgan fingerprint density at radius 2 is 2.27 bits per heavy atom. The highest BCUT2D eigenvalue weighted by Crippen LogP contribution is 2.36. The molecule has 0 saturated heterocycles. The summed E-state index contributed by atoms with van der Waals surface area (Å²) in [5.41, 5.74) is 4.11. The molecule has 0 saturated carbocycles. The number of thiophene rings is 1. The van der Waals surface area contributed by atoms with E-state index in [1.165, 1.54) is 21.7 Å². The van der Waals surface area contributed by atoms with Gasteiger partial charge in [-0.3, -0.25) is 0 Å². The van der Waals surface area contributed by atoms with Gasteiger partial charge in [-0.05, 0) is 36.4 Å². The fraction of sp³-hybridized carbons (Fsp3) is 0.231. The zero-order valence-electron chi connectivity index (χ0n) is 8.66. The Hall–Kier alpha value is -1.28. The molecule has 3 rings (SSSR count). The number of fused-ring (bicyclic) bond motifs is 1. The zero-order chi connectivity index (χ0) is 10.3. The van der Waals surface area contributed by atoms with Crippen LogP contribution in [0, 0.1) is 6.92 Å². The Balaban J connectivity index is 1.92. The maximum atomic E-state index is 3.57. The fourth-order valence-corrected chi connectivity index (χ4v) is 2.93. The minimum Gasteiger partial charge on any atom is -0.377 e. The molecule has 1 aliphatic heterocycles. The SMILES string of the molecule is Cc1ccc2c(c1)CC(c1cccs1)N2. The number of rotatable bonds is 1. The minimum atomic E-state index is 0.488. The highest BCUT2D eigenvalue weighted by molar-refractivity contribution is 7.10. The lowest BCUT2D eigenvalue weighted by molar-refractivity contribution is 0.843. The third kappa shape index (κ3) is 1.55. The van der Waals surface area contributed by atoms with Crippen LogP contribution in [0.5, 0.6) is 0 Å². The summed E-state index contributed by atoms with van der Waals surface area (Å²) >= 11 is 1.83. The van der Waals surface area contributed by atoms with Crippen LogP contribution in [-0.2, 0) is 6.42 Å². The van der Waals surface area contributed by atoms with E-state index in [4.69, 9.17) is 0 Å². The summed E-state index contributed by atoms with van der Waals surface area (Å²) in [6.45, 7) is 2.15. The summed E-state index contributed by atoms with van der Waals surface area (Å²) in [6.07, 6.45) is 1.12. The molecule has 1 nitrogen and oxygen atoms in total. The van der Waals surface area contributed by atoms with Crippen molar-refractivity contribution in [3.8, 4) is 0 Å². The number of benzene rings is 1. The number of anilines is 1. The smallest absolute Gasteiger partial charge is 0.0647 e. The van der Waals surface area contributed by atoms with Gasteiger partial charge in [0, 0.05) is 10.6 Å². The second-order valence-electron chi connectivity index (χ2n) is 4.08. The van der Waals surface area contributed by atoms with Crippen LogP contribution >= 0.6 is 11.3 Å². The molecule has 0 amide bonds. The number of nitrogens with one attached hydrogen (secondary N) is 1. The topological polar surface area (TPSA) is 12.0 Å². The average Bonchev–Trinajstić information content (AvgIpc) is 2.84. The maximum Gasteiger partial charge on any atom is 0.0647 e. The molecule has 0 fully saturated rings. The normalized spacial score (nSPS) is 18.6. The van der Waals surface area contributed by atoms with Crippen LogP contribution < -0.4 is 5.32 Å². The van der Waals surface area contributed by atoms with Crippen molar-refractivity contribution >= 4 is 17.0 Å². The molecule has 1 aromatic heterocycles. The van der Waals surface area contributed by atoms with E-state index in [0.29, 0.717) is 6.04 Å². The van der Waals surface area contributed by atoms with Crippen molar-refractivity contribution in [2.75, 3.05) is 5.32 Å². The van der Waals surface area contributed by atoms with Gasteiger partial charge in [-0.2, -0.15) is 0 Å². The van der Waals surface area contributed by atoms with Gasteiger partial charge in [0.2, 0.25) is 0 Å². The average molecular weight is 215 g/mol. The lowest BCUT2D eigenvalue weighted by Gasteiger charge is -2.07. The molecular formula is C13H13NS. The van der Waals surface area contributed by atoms with E-state index in [1.54, 1.807) is 0 Å². The van der Waals surface area contributed by atoms with Crippen molar-refractivity contribution in [2.45, 2.75) is 19.4 Å². The van der Waals surface area contributed by atoms with Crippen LogP contribution in [0.4, 0.5) is 5.69 Å². The van der Waals surface area contributed by atoms with Gasteiger partial charge in [-0.1, -0.05) is 23.8 Å². The molecule has 76 valence electrons. The van der Waals surface area contributed by atoms with Gasteiger partial charge in [0.15, 0.2) is 0 Å². The van der Waals surface area contributed by atoms with Crippen molar-refractivity contribution < 1.29 is 0 Å². The van der Waals surface area contributed by atoms with Crippen molar-refractivity contribution in [1.82, 2.24) is 0 Å². The Morgan fingerprint density at radius 3 is 3.07 bits per heavy atom. The van der Waals surface area contributed by atoms with E-state index in [-0.39, 0.29) is 0 Å². The van der Waals surface area contributed by atoms with E-state index in [1.807, 2.05) is 11.3 Å². The van der Waals surface area contributed by atoms with Crippen molar-refractivity contribution in [2.24, 2.45) is 0 Å². The third-order valence-electron chi connectivity index (χ3n) is 2.90. The first kappa shape index (κ1) is 8.98. The molecule has 1 aromatic carbocycles. The summed E-state index contributed by atoms with van der Waals surface area (Å²) in [5.74, 6) is 0. The molecule has 2 heterocycles. The van der Waals surface area contributed by atoms with Crippen molar-refractivity contribution in [3.05, 3.63) is 51.7 Å². The van der Waals surface area contributed by atoms with E-state index >= 15 is 0 Å². The van der Waals surface area contributed by atoms with Crippen LogP contribution in [0.3, 0.4) is 0 Å². The molecule has 1 unspecified atom stereocenters. The van der Waals surface area contributed by atoms with Gasteiger partial charge in [0.1, 0.15) is 0 Å². The van der Waals surface area contributed by atoms with E-state index < -0.39 is 0 Å². The predicted molar refractivity (Wildman–Crippen MR) is 65.6 cm³/mol. The van der Waals surface area contributed by atoms with E-state index in [2.05, 4.69) is 48.0 Å². The number of hydrogen-bond donors (Lipinski definition) is 1. The Kier molecular flexibility index (Phi) is 2.03. The summed E-state index contributed by atoms with van der Waals surface area (Å²) in [6, 6.07) is 11.5. The Morgan fingerprint density at radius 1 is 1.33 bits per heavy atom. The van der Waals surface area contributed by atoms with Crippen molar-refractivity contribution in [1.29, 1.82) is 0 Å². The molecule has 2 heteroatoms. The number of aryl methyl sites for hydroxylation is 1. The van der Waals surface area contributed by atoms with Gasteiger partial charge in [-0.15, -0.1) is 11.3 Å². The van der Waals surface area contributed by atoms with E-state index in [9.17, 15) is 0 Å². The predicted octanol–water partition coefficient (Wildman–Crippen LogP) is 3.77. The number of hydrogen-bond acceptors (Lipinski definition) is 2. The Labute approximate surface area is 93.8 Å². The van der Waals surface area contributed by atoms with E-state index in [0.717, 1.165) is 6.42 Å².